The highest BCUT2D eigenvalue weighted by molar-refractivity contribution is 5.93. The molecule has 2 aromatic heterocycles. The molecule has 1 aromatic carbocycles. The molecule has 2 N–H and O–H groups in total. The number of hydrogen-bond acceptors (Lipinski definition) is 6. The van der Waals surface area contributed by atoms with E-state index in [2.05, 4.69) is 25.7 Å². The lowest BCUT2D eigenvalue weighted by molar-refractivity contribution is -0.129. The molecule has 10 heteroatoms. The van der Waals surface area contributed by atoms with Crippen molar-refractivity contribution in [2.24, 2.45) is 5.92 Å². The molecule has 2 aliphatic carbocycles. The van der Waals surface area contributed by atoms with Gasteiger partial charge in [-0.25, -0.2) is 8.78 Å². The number of piperidine rings is 1. The minimum Gasteiger partial charge on any atom is -0.350 e. The molecule has 210 valence electrons. The normalized spacial score (nSPS) is 22.9. The van der Waals surface area contributed by atoms with Crippen LogP contribution in [0.4, 0.5) is 8.78 Å². The summed E-state index contributed by atoms with van der Waals surface area (Å²) in [5.74, 6) is -2.68. The molecular formula is C30H33F2N5O3. The third kappa shape index (κ3) is 5.50. The minimum atomic E-state index is -0.797. The Balaban J connectivity index is 1.19. The number of aromatic nitrogens is 2. The fourth-order valence-electron chi connectivity index (χ4n) is 6.18. The van der Waals surface area contributed by atoms with E-state index in [1.807, 2.05) is 18.2 Å². The number of carbonyl (C=O) groups excluding carboxylic acids is 2. The highest BCUT2D eigenvalue weighted by atomic mass is 19.1. The van der Waals surface area contributed by atoms with Crippen LogP contribution in [0.5, 0.6) is 0 Å². The second kappa shape index (κ2) is 11.1. The van der Waals surface area contributed by atoms with Crippen LogP contribution in [-0.2, 0) is 10.3 Å². The topological polar surface area (TPSA) is 100 Å². The van der Waals surface area contributed by atoms with Crippen molar-refractivity contribution >= 4 is 11.8 Å². The third-order valence-electron chi connectivity index (χ3n) is 8.60. The van der Waals surface area contributed by atoms with Gasteiger partial charge in [0.05, 0.1) is 17.2 Å². The van der Waals surface area contributed by atoms with Crippen LogP contribution < -0.4 is 10.6 Å². The van der Waals surface area contributed by atoms with Crippen molar-refractivity contribution in [2.75, 3.05) is 13.1 Å². The van der Waals surface area contributed by atoms with Gasteiger partial charge < -0.3 is 15.2 Å². The molecule has 3 aliphatic rings. The molecule has 1 saturated heterocycles. The average Bonchev–Trinajstić information content (AvgIpc) is 3.59. The van der Waals surface area contributed by atoms with E-state index in [0.29, 0.717) is 19.0 Å². The van der Waals surface area contributed by atoms with Crippen molar-refractivity contribution < 1.29 is 22.9 Å². The van der Waals surface area contributed by atoms with Gasteiger partial charge in [-0.1, -0.05) is 30.5 Å². The van der Waals surface area contributed by atoms with E-state index >= 15 is 0 Å². The zero-order valence-electron chi connectivity index (χ0n) is 22.2. The summed E-state index contributed by atoms with van der Waals surface area (Å²) in [7, 11) is 0. The predicted octanol–water partition coefficient (Wildman–Crippen LogP) is 4.57. The van der Waals surface area contributed by atoms with E-state index < -0.39 is 35.0 Å². The van der Waals surface area contributed by atoms with E-state index in [0.717, 1.165) is 50.1 Å². The number of benzene rings is 1. The largest absolute Gasteiger partial charge is 0.350 e. The monoisotopic (exact) mass is 549 g/mol. The Morgan fingerprint density at radius 2 is 1.85 bits per heavy atom. The zero-order valence-corrected chi connectivity index (χ0v) is 22.2. The zero-order chi connectivity index (χ0) is 27.7. The SMILES string of the molecule is O=C(N[C@@H]1CCN(C2CCCCC2)C[C@H]1C(=O)NC1(c2ccccn2)CC1)c1cc(-c2ccc(F)cc2F)no1. The van der Waals surface area contributed by atoms with E-state index in [9.17, 15) is 18.4 Å². The van der Waals surface area contributed by atoms with Gasteiger partial charge in [0.1, 0.15) is 17.3 Å². The van der Waals surface area contributed by atoms with Crippen LogP contribution >= 0.6 is 0 Å². The molecule has 1 aliphatic heterocycles. The van der Waals surface area contributed by atoms with Crippen LogP contribution in [0.3, 0.4) is 0 Å². The summed E-state index contributed by atoms with van der Waals surface area (Å²) in [6, 6.07) is 10.2. The van der Waals surface area contributed by atoms with Gasteiger partial charge in [0.2, 0.25) is 11.7 Å². The van der Waals surface area contributed by atoms with Crippen LogP contribution in [-0.4, -0.2) is 52.0 Å². The van der Waals surface area contributed by atoms with Gasteiger partial charge in [-0.3, -0.25) is 19.5 Å². The van der Waals surface area contributed by atoms with E-state index in [4.69, 9.17) is 4.52 Å². The lowest BCUT2D eigenvalue weighted by Crippen LogP contribution is -2.58. The van der Waals surface area contributed by atoms with Crippen molar-refractivity contribution in [3.63, 3.8) is 0 Å². The predicted molar refractivity (Wildman–Crippen MR) is 143 cm³/mol. The number of likely N-dealkylation sites (tertiary alicyclic amines) is 1. The average molecular weight is 550 g/mol. The number of pyridine rings is 1. The third-order valence-corrected chi connectivity index (χ3v) is 8.60. The molecule has 6 rings (SSSR count). The number of amides is 2. The summed E-state index contributed by atoms with van der Waals surface area (Å²) in [6.07, 6.45) is 9.91. The van der Waals surface area contributed by atoms with Crippen molar-refractivity contribution in [1.82, 2.24) is 25.7 Å². The van der Waals surface area contributed by atoms with Crippen molar-refractivity contribution in [3.05, 3.63) is 71.8 Å². The number of carbonyl (C=O) groups is 2. The molecule has 0 radical (unpaired) electrons. The smallest absolute Gasteiger partial charge is 0.290 e. The van der Waals surface area contributed by atoms with Gasteiger partial charge in [-0.05, 0) is 56.4 Å². The Kier molecular flexibility index (Phi) is 7.35. The van der Waals surface area contributed by atoms with Crippen molar-refractivity contribution in [3.8, 4) is 11.3 Å². The Bertz CT molecular complexity index is 1370. The lowest BCUT2D eigenvalue weighted by Gasteiger charge is -2.43. The fourth-order valence-corrected chi connectivity index (χ4v) is 6.18. The first-order valence-corrected chi connectivity index (χ1v) is 14.1. The van der Waals surface area contributed by atoms with Gasteiger partial charge in [0.25, 0.3) is 5.91 Å². The van der Waals surface area contributed by atoms with Gasteiger partial charge >= 0.3 is 0 Å². The maximum absolute atomic E-state index is 14.2. The highest BCUT2D eigenvalue weighted by Gasteiger charge is 2.49. The molecule has 0 bridgehead atoms. The van der Waals surface area contributed by atoms with Crippen LogP contribution in [0.15, 0.2) is 53.2 Å². The Hall–Kier alpha value is -3.66. The number of halogens is 2. The summed E-state index contributed by atoms with van der Waals surface area (Å²) in [6.45, 7) is 1.34. The van der Waals surface area contributed by atoms with Crippen LogP contribution in [0.2, 0.25) is 0 Å². The number of hydrogen-bond donors (Lipinski definition) is 2. The molecule has 3 heterocycles. The fraction of sp³-hybridized carbons (Fsp3) is 0.467. The maximum atomic E-state index is 14.2. The standard InChI is InChI=1S/C30H33F2N5O3/c31-19-9-10-21(23(32)16-19)25-17-26(40-36-25)29(39)34-24-11-15-37(20-6-2-1-3-7-20)18-22(24)28(38)35-30(12-13-30)27-8-4-5-14-33-27/h4-5,8-10,14,16-17,20,22,24H,1-3,6-7,11-13,15,18H2,(H,34,39)(H,35,38)/t22-,24-/m1/s1. The molecular weight excluding hydrogens is 516 g/mol. The lowest BCUT2D eigenvalue weighted by atomic mass is 9.86. The summed E-state index contributed by atoms with van der Waals surface area (Å²) in [5.41, 5.74) is 0.520. The second-order valence-corrected chi connectivity index (χ2v) is 11.2. The first-order valence-electron chi connectivity index (χ1n) is 14.1. The molecule has 2 atom stereocenters. The van der Waals surface area contributed by atoms with Crippen LogP contribution in [0, 0.1) is 17.6 Å². The van der Waals surface area contributed by atoms with Gasteiger partial charge in [-0.15, -0.1) is 0 Å². The summed E-state index contributed by atoms with van der Waals surface area (Å²) in [5, 5.41) is 10.1. The molecule has 8 nitrogen and oxygen atoms in total. The first-order chi connectivity index (χ1) is 19.4. The molecule has 2 amide bonds. The second-order valence-electron chi connectivity index (χ2n) is 11.2. The first kappa shape index (κ1) is 26.6. The van der Waals surface area contributed by atoms with Gasteiger partial charge in [0, 0.05) is 49.1 Å². The summed E-state index contributed by atoms with van der Waals surface area (Å²) >= 11 is 0. The van der Waals surface area contributed by atoms with E-state index in [1.54, 1.807) is 6.20 Å². The number of nitrogens with one attached hydrogen (secondary N) is 2. The molecule has 3 fully saturated rings. The Labute approximate surface area is 231 Å². The quantitative estimate of drug-likeness (QED) is 0.448. The minimum absolute atomic E-state index is 0.0338. The Morgan fingerprint density at radius 3 is 2.58 bits per heavy atom. The van der Waals surface area contributed by atoms with Gasteiger partial charge in [-0.2, -0.15) is 0 Å². The summed E-state index contributed by atoms with van der Waals surface area (Å²) in [4.78, 5) is 33.9. The summed E-state index contributed by atoms with van der Waals surface area (Å²) < 4.78 is 32.8. The maximum Gasteiger partial charge on any atom is 0.290 e. The number of nitrogens with zero attached hydrogens (tertiary/aromatic N) is 3. The van der Waals surface area contributed by atoms with E-state index in [1.165, 1.54) is 31.4 Å². The molecule has 0 spiro atoms. The highest BCUT2D eigenvalue weighted by Crippen LogP contribution is 2.45. The molecule has 0 unspecified atom stereocenters. The van der Waals surface area contributed by atoms with Crippen LogP contribution in [0.25, 0.3) is 11.3 Å². The van der Waals surface area contributed by atoms with E-state index in [-0.39, 0.29) is 22.9 Å². The van der Waals surface area contributed by atoms with Crippen molar-refractivity contribution in [2.45, 2.75) is 69.0 Å². The van der Waals surface area contributed by atoms with Crippen LogP contribution in [0.1, 0.15) is 67.6 Å². The van der Waals surface area contributed by atoms with Gasteiger partial charge in [0.15, 0.2) is 0 Å². The molecule has 40 heavy (non-hydrogen) atoms. The number of rotatable bonds is 7. The molecule has 3 aromatic rings. The van der Waals surface area contributed by atoms with Crippen molar-refractivity contribution in [1.29, 1.82) is 0 Å². The molecule has 2 saturated carbocycles. The Morgan fingerprint density at radius 1 is 1.02 bits per heavy atom.